The molecular formula is C21H31N3O8S. The van der Waals surface area contributed by atoms with Crippen LogP contribution in [0.4, 0.5) is 4.79 Å². The summed E-state index contributed by atoms with van der Waals surface area (Å²) in [4.78, 5) is 58.5. The number of carbonyl (C=O) groups excluding carboxylic acids is 4. The minimum atomic E-state index is -1.49. The van der Waals surface area contributed by atoms with E-state index in [4.69, 9.17) is 9.47 Å². The number of ether oxygens (including phenoxy) is 2. The molecule has 0 saturated carbocycles. The second-order valence-electron chi connectivity index (χ2n) is 7.87. The quantitative estimate of drug-likeness (QED) is 0.289. The van der Waals surface area contributed by atoms with Gasteiger partial charge in [-0.2, -0.15) is 0 Å². The maximum atomic E-state index is 11.9. The normalized spacial score (nSPS) is 12.1. The van der Waals surface area contributed by atoms with Crippen LogP contribution in [0.1, 0.15) is 12.0 Å². The third-order valence-corrected chi connectivity index (χ3v) is 5.41. The number of hydrogen-bond acceptors (Lipinski definition) is 7. The van der Waals surface area contributed by atoms with Gasteiger partial charge in [-0.3, -0.25) is 14.4 Å². The molecule has 0 aliphatic carbocycles. The molecule has 1 aromatic rings. The van der Waals surface area contributed by atoms with Crippen molar-refractivity contribution >= 4 is 39.9 Å². The number of benzene rings is 1. The third-order valence-electron chi connectivity index (χ3n) is 4.02. The standard InChI is InChI=1S/C21H31N3O8S/c1-33(2,3)10-9-31-19(27)11-16(20(28)29)24-18(26)13-22-17(25)12-23-21(30)32-14-15-7-5-4-6-8-15/h4-8,16H,9-14H2,1-3H3,(H,22,25)(H,23,30)(H,24,26)(H,28,29). The average Bonchev–Trinajstić information content (AvgIpc) is 2.74. The first-order chi connectivity index (χ1) is 15.5. The minimum Gasteiger partial charge on any atom is -0.480 e. The smallest absolute Gasteiger partial charge is 0.407 e. The van der Waals surface area contributed by atoms with E-state index in [1.54, 1.807) is 24.3 Å². The molecule has 1 atom stereocenters. The summed E-state index contributed by atoms with van der Waals surface area (Å²) in [6.07, 6.45) is 4.81. The van der Waals surface area contributed by atoms with E-state index in [1.807, 2.05) is 6.07 Å². The van der Waals surface area contributed by atoms with Crippen molar-refractivity contribution in [2.75, 3.05) is 44.2 Å². The Labute approximate surface area is 193 Å². The van der Waals surface area contributed by atoms with Crippen LogP contribution >= 0.6 is 10.0 Å². The van der Waals surface area contributed by atoms with Crippen LogP contribution in [0.2, 0.25) is 0 Å². The van der Waals surface area contributed by atoms with Gasteiger partial charge < -0.3 is 30.5 Å². The fraction of sp³-hybridized carbons (Fsp3) is 0.476. The van der Waals surface area contributed by atoms with Crippen LogP contribution in [0.25, 0.3) is 0 Å². The molecule has 12 heteroatoms. The summed E-state index contributed by atoms with van der Waals surface area (Å²) < 4.78 is 9.98. The minimum absolute atomic E-state index is 0.0348. The number of rotatable bonds is 13. The number of amides is 3. The van der Waals surface area contributed by atoms with Crippen LogP contribution in [0.5, 0.6) is 0 Å². The Morgan fingerprint density at radius 3 is 2.18 bits per heavy atom. The highest BCUT2D eigenvalue weighted by molar-refractivity contribution is 8.32. The largest absolute Gasteiger partial charge is 0.480 e. The molecule has 1 rings (SSSR count). The number of nitrogens with one attached hydrogen (secondary N) is 3. The topological polar surface area (TPSA) is 160 Å². The second-order valence-corrected chi connectivity index (χ2v) is 12.5. The summed E-state index contributed by atoms with van der Waals surface area (Å²) in [7, 11) is -0.863. The highest BCUT2D eigenvalue weighted by Crippen LogP contribution is 2.33. The molecule has 3 amide bonds. The van der Waals surface area contributed by atoms with Crippen LogP contribution < -0.4 is 16.0 Å². The van der Waals surface area contributed by atoms with Crippen molar-refractivity contribution in [1.82, 2.24) is 16.0 Å². The molecule has 0 aliphatic rings. The third kappa shape index (κ3) is 13.7. The molecule has 0 spiro atoms. The molecule has 0 radical (unpaired) electrons. The van der Waals surface area contributed by atoms with E-state index >= 15 is 0 Å². The van der Waals surface area contributed by atoms with E-state index in [1.165, 1.54) is 0 Å². The molecule has 0 aromatic heterocycles. The lowest BCUT2D eigenvalue weighted by Crippen LogP contribution is -2.47. The maximum absolute atomic E-state index is 11.9. The number of carboxylic acid groups (broad SMARTS) is 1. The van der Waals surface area contributed by atoms with Gasteiger partial charge in [0.1, 0.15) is 19.2 Å². The Morgan fingerprint density at radius 2 is 1.58 bits per heavy atom. The molecule has 0 heterocycles. The summed E-state index contributed by atoms with van der Waals surface area (Å²) in [6, 6.07) is 7.46. The fourth-order valence-corrected chi connectivity index (χ4v) is 2.83. The molecule has 11 nitrogen and oxygen atoms in total. The van der Waals surface area contributed by atoms with Gasteiger partial charge in [-0.1, -0.05) is 30.3 Å². The van der Waals surface area contributed by atoms with Gasteiger partial charge >= 0.3 is 18.0 Å². The summed E-state index contributed by atoms with van der Waals surface area (Å²) in [5.74, 6) is -2.96. The molecule has 0 bridgehead atoms. The lowest BCUT2D eigenvalue weighted by atomic mass is 10.2. The monoisotopic (exact) mass is 485 g/mol. The van der Waals surface area contributed by atoms with E-state index in [2.05, 4.69) is 34.7 Å². The van der Waals surface area contributed by atoms with Crippen molar-refractivity contribution in [2.24, 2.45) is 0 Å². The summed E-state index contributed by atoms with van der Waals surface area (Å²) in [6.45, 7) is -0.765. The van der Waals surface area contributed by atoms with Crippen LogP contribution in [0.15, 0.2) is 30.3 Å². The average molecular weight is 486 g/mol. The first kappa shape index (κ1) is 27.8. The van der Waals surface area contributed by atoms with Gasteiger partial charge in [0.2, 0.25) is 11.8 Å². The zero-order valence-corrected chi connectivity index (χ0v) is 19.7. The molecule has 1 unspecified atom stereocenters. The molecular weight excluding hydrogens is 454 g/mol. The van der Waals surface area contributed by atoms with Gasteiger partial charge in [0, 0.05) is 5.75 Å². The molecule has 33 heavy (non-hydrogen) atoms. The van der Waals surface area contributed by atoms with Gasteiger partial charge in [-0.15, -0.1) is 0 Å². The van der Waals surface area contributed by atoms with E-state index in [0.29, 0.717) is 5.75 Å². The van der Waals surface area contributed by atoms with Crippen LogP contribution in [0, 0.1) is 0 Å². The van der Waals surface area contributed by atoms with Gasteiger partial charge in [-0.25, -0.2) is 19.6 Å². The zero-order valence-electron chi connectivity index (χ0n) is 18.9. The summed E-state index contributed by atoms with van der Waals surface area (Å²) in [5.41, 5.74) is 0.779. The maximum Gasteiger partial charge on any atom is 0.407 e. The molecule has 0 aliphatic heterocycles. The van der Waals surface area contributed by atoms with Crippen LogP contribution in [-0.4, -0.2) is 85.2 Å². The number of aliphatic carboxylic acids is 1. The summed E-state index contributed by atoms with van der Waals surface area (Å²) in [5, 5.41) is 15.8. The van der Waals surface area contributed by atoms with Gasteiger partial charge in [0.05, 0.1) is 19.6 Å². The predicted octanol–water partition coefficient (Wildman–Crippen LogP) is 0.226. The van der Waals surface area contributed by atoms with E-state index < -0.39 is 65.4 Å². The molecule has 4 N–H and O–H groups in total. The van der Waals surface area contributed by atoms with Crippen molar-refractivity contribution < 1.29 is 38.6 Å². The number of alkyl carbamates (subject to hydrolysis) is 1. The van der Waals surface area contributed by atoms with Crippen molar-refractivity contribution in [3.63, 3.8) is 0 Å². The first-order valence-corrected chi connectivity index (χ1v) is 13.0. The van der Waals surface area contributed by atoms with Gasteiger partial charge in [0.25, 0.3) is 0 Å². The Balaban J connectivity index is 2.29. The Hall–Kier alpha value is -3.28. The van der Waals surface area contributed by atoms with Crippen molar-refractivity contribution in [1.29, 1.82) is 0 Å². The Morgan fingerprint density at radius 1 is 0.939 bits per heavy atom. The first-order valence-electron chi connectivity index (χ1n) is 10.0. The second kappa shape index (κ2) is 14.0. The number of carboxylic acids is 1. The van der Waals surface area contributed by atoms with Crippen molar-refractivity contribution in [2.45, 2.75) is 19.1 Å². The van der Waals surface area contributed by atoms with Gasteiger partial charge in [-0.05, 0) is 24.3 Å². The van der Waals surface area contributed by atoms with Crippen LogP contribution in [-0.2, 0) is 35.3 Å². The summed E-state index contributed by atoms with van der Waals surface area (Å²) >= 11 is 0. The van der Waals surface area contributed by atoms with Crippen LogP contribution in [0.3, 0.4) is 0 Å². The number of hydrogen-bond donors (Lipinski definition) is 4. The zero-order chi connectivity index (χ0) is 24.9. The molecule has 1 aromatic carbocycles. The Kier molecular flexibility index (Phi) is 11.8. The Bertz CT molecular complexity index is 827. The predicted molar refractivity (Wildman–Crippen MR) is 123 cm³/mol. The number of carbonyl (C=O) groups is 5. The fourth-order valence-electron chi connectivity index (χ4n) is 2.24. The number of esters is 1. The lowest BCUT2D eigenvalue weighted by molar-refractivity contribution is -0.150. The van der Waals surface area contributed by atoms with E-state index in [9.17, 15) is 29.1 Å². The molecule has 0 saturated heterocycles. The van der Waals surface area contributed by atoms with E-state index in [0.717, 1.165) is 5.56 Å². The highest BCUT2D eigenvalue weighted by atomic mass is 32.3. The SMILES string of the molecule is CS(C)(C)CCOC(=O)CC(NC(=O)CNC(=O)CNC(=O)OCc1ccccc1)C(=O)O. The molecule has 184 valence electrons. The molecule has 0 fully saturated rings. The van der Waals surface area contributed by atoms with Crippen molar-refractivity contribution in [3.05, 3.63) is 35.9 Å². The van der Waals surface area contributed by atoms with E-state index in [-0.39, 0.29) is 13.2 Å². The van der Waals surface area contributed by atoms with Gasteiger partial charge in [0.15, 0.2) is 0 Å². The van der Waals surface area contributed by atoms with Crippen molar-refractivity contribution in [3.8, 4) is 0 Å². The highest BCUT2D eigenvalue weighted by Gasteiger charge is 2.24. The lowest BCUT2D eigenvalue weighted by Gasteiger charge is -2.24.